The maximum absolute atomic E-state index is 13.2. The average Bonchev–Trinajstić information content (AvgIpc) is 3.16. The summed E-state index contributed by atoms with van der Waals surface area (Å²) < 4.78 is 1.80. The summed E-state index contributed by atoms with van der Waals surface area (Å²) in [6.45, 7) is 5.16. The van der Waals surface area contributed by atoms with E-state index in [-0.39, 0.29) is 11.8 Å². The summed E-state index contributed by atoms with van der Waals surface area (Å²) in [5.41, 5.74) is 6.01. The smallest absolute Gasteiger partial charge is 0.226 e. The maximum Gasteiger partial charge on any atom is 0.226 e. The van der Waals surface area contributed by atoms with Crippen molar-refractivity contribution in [1.82, 2.24) is 29.9 Å². The molecule has 1 aliphatic rings. The Bertz CT molecular complexity index is 1230. The normalized spacial score (nSPS) is 14.2. The fraction of sp³-hybridized carbons (Fsp3) is 0.348. The zero-order valence-electron chi connectivity index (χ0n) is 17.2. The van der Waals surface area contributed by atoms with Gasteiger partial charge in [0.05, 0.1) is 5.52 Å². The quantitative estimate of drug-likeness (QED) is 0.511. The van der Waals surface area contributed by atoms with Crippen molar-refractivity contribution in [2.24, 2.45) is 5.92 Å². The Hall–Kier alpha value is -3.35. The topological polar surface area (TPSA) is 76.3 Å². The van der Waals surface area contributed by atoms with Crippen molar-refractivity contribution >= 4 is 22.5 Å². The second-order valence-electron chi connectivity index (χ2n) is 8.29. The molecule has 4 aromatic rings. The molecule has 0 spiro atoms. The molecule has 1 aromatic carbocycles. The molecule has 0 N–H and O–H groups in total. The first-order valence-corrected chi connectivity index (χ1v) is 10.4. The Morgan fingerprint density at radius 3 is 2.80 bits per heavy atom. The van der Waals surface area contributed by atoms with Gasteiger partial charge in [-0.1, -0.05) is 24.1 Å². The van der Waals surface area contributed by atoms with Crippen LogP contribution >= 0.6 is 0 Å². The van der Waals surface area contributed by atoms with Crippen LogP contribution in [0.25, 0.3) is 16.6 Å². The van der Waals surface area contributed by atoms with Crippen LogP contribution in [0, 0.1) is 19.8 Å². The number of nitrogens with zero attached hydrogens (tertiary/aromatic N) is 6. The highest BCUT2D eigenvalue weighted by Gasteiger charge is 2.30. The maximum atomic E-state index is 13.2. The van der Waals surface area contributed by atoms with E-state index < -0.39 is 0 Å². The van der Waals surface area contributed by atoms with Crippen molar-refractivity contribution in [2.45, 2.75) is 46.2 Å². The molecule has 7 heteroatoms. The molecule has 1 saturated carbocycles. The number of aryl methyl sites for hydroxylation is 2. The van der Waals surface area contributed by atoms with E-state index in [0.29, 0.717) is 18.7 Å². The number of hydrogen-bond donors (Lipinski definition) is 0. The third-order valence-electron chi connectivity index (χ3n) is 6.00. The number of pyridine rings is 2. The number of rotatable bonds is 5. The zero-order chi connectivity index (χ0) is 20.7. The Morgan fingerprint density at radius 2 is 2.07 bits per heavy atom. The summed E-state index contributed by atoms with van der Waals surface area (Å²) in [5.74, 6) is 0.329. The van der Waals surface area contributed by atoms with E-state index in [4.69, 9.17) is 0 Å². The monoisotopic (exact) mass is 400 g/mol. The predicted molar refractivity (Wildman–Crippen MR) is 114 cm³/mol. The summed E-state index contributed by atoms with van der Waals surface area (Å²) in [5, 5.41) is 13.5. The molecular weight excluding hydrogens is 376 g/mol. The van der Waals surface area contributed by atoms with Crippen LogP contribution in [0.15, 0.2) is 42.7 Å². The second-order valence-corrected chi connectivity index (χ2v) is 8.29. The lowest BCUT2D eigenvalue weighted by Gasteiger charge is -2.32. The predicted octanol–water partition coefficient (Wildman–Crippen LogP) is 3.62. The van der Waals surface area contributed by atoms with Gasteiger partial charge in [-0.15, -0.1) is 5.10 Å². The summed E-state index contributed by atoms with van der Waals surface area (Å²) in [6, 6.07) is 10.3. The van der Waals surface area contributed by atoms with Crippen molar-refractivity contribution in [3.8, 4) is 0 Å². The number of aromatic nitrogens is 5. The van der Waals surface area contributed by atoms with Crippen LogP contribution in [0.1, 0.15) is 41.5 Å². The second kappa shape index (κ2) is 7.48. The lowest BCUT2D eigenvalue weighted by molar-refractivity contribution is -0.139. The van der Waals surface area contributed by atoms with Crippen molar-refractivity contribution in [1.29, 1.82) is 0 Å². The molecule has 1 aliphatic carbocycles. The molecular formula is C23H24N6O. The van der Waals surface area contributed by atoms with E-state index in [2.05, 4.69) is 52.6 Å². The number of benzene rings is 1. The summed E-state index contributed by atoms with van der Waals surface area (Å²) in [6.07, 6.45) is 6.65. The van der Waals surface area contributed by atoms with E-state index >= 15 is 0 Å². The largest absolute Gasteiger partial charge is 0.334 e. The first-order chi connectivity index (χ1) is 14.6. The third kappa shape index (κ3) is 3.30. The lowest BCUT2D eigenvalue weighted by atomic mass is 9.84. The van der Waals surface area contributed by atoms with E-state index in [9.17, 15) is 4.79 Å². The van der Waals surface area contributed by atoms with E-state index in [1.54, 1.807) is 10.7 Å². The molecule has 0 unspecified atom stereocenters. The minimum absolute atomic E-state index is 0.124. The Balaban J connectivity index is 1.57. The van der Waals surface area contributed by atoms with Gasteiger partial charge in [-0.25, -0.2) is 0 Å². The Morgan fingerprint density at radius 1 is 1.20 bits per heavy atom. The average molecular weight is 400 g/mol. The third-order valence-corrected chi connectivity index (χ3v) is 6.00. The number of amides is 1. The molecule has 0 saturated heterocycles. The molecule has 3 aromatic heterocycles. The molecule has 5 rings (SSSR count). The van der Waals surface area contributed by atoms with Crippen molar-refractivity contribution in [2.75, 3.05) is 0 Å². The zero-order valence-corrected chi connectivity index (χ0v) is 17.2. The highest BCUT2D eigenvalue weighted by atomic mass is 16.2. The van der Waals surface area contributed by atoms with Crippen LogP contribution in [-0.2, 0) is 17.9 Å². The van der Waals surface area contributed by atoms with E-state index in [1.807, 2.05) is 23.2 Å². The van der Waals surface area contributed by atoms with Crippen LogP contribution in [0.3, 0.4) is 0 Å². The molecule has 1 fully saturated rings. The standard InChI is InChI=1S/C23H24N6O/c1-15-9-16(2)21-19(10-15)11-20(22-25-26-27-29(21)22)14-28(23(30)18-6-3-7-18)13-17-5-4-8-24-12-17/h4-5,8-12,18H,3,6-7,13-14H2,1-2H3. The van der Waals surface area contributed by atoms with Gasteiger partial charge in [0.15, 0.2) is 5.65 Å². The van der Waals surface area contributed by atoms with Crippen LogP contribution in [-0.4, -0.2) is 35.8 Å². The van der Waals surface area contributed by atoms with Gasteiger partial charge in [0.2, 0.25) is 5.91 Å². The van der Waals surface area contributed by atoms with Crippen LogP contribution in [0.5, 0.6) is 0 Å². The number of carbonyl (C=O) groups excluding carboxylic acids is 1. The van der Waals surface area contributed by atoms with Crippen molar-refractivity contribution in [3.05, 3.63) is 65.0 Å². The summed E-state index contributed by atoms with van der Waals surface area (Å²) in [4.78, 5) is 19.4. The van der Waals surface area contributed by atoms with Crippen LogP contribution < -0.4 is 0 Å². The SMILES string of the molecule is Cc1cc(C)c2c(c1)cc(CN(Cc1cccnc1)C(=O)C1CCC1)c1nnnn12. The summed E-state index contributed by atoms with van der Waals surface area (Å²) in [7, 11) is 0. The van der Waals surface area contributed by atoms with Gasteiger partial charge in [0.1, 0.15) is 0 Å². The number of carbonyl (C=O) groups is 1. The first-order valence-electron chi connectivity index (χ1n) is 10.4. The first kappa shape index (κ1) is 18.7. The fourth-order valence-electron chi connectivity index (χ4n) is 4.34. The lowest BCUT2D eigenvalue weighted by Crippen LogP contribution is -2.38. The number of tetrazole rings is 1. The van der Waals surface area contributed by atoms with Gasteiger partial charge in [0, 0.05) is 42.4 Å². The van der Waals surface area contributed by atoms with Gasteiger partial charge in [-0.2, -0.15) is 4.52 Å². The van der Waals surface area contributed by atoms with Gasteiger partial charge in [-0.05, 0) is 66.4 Å². The molecule has 7 nitrogen and oxygen atoms in total. The molecule has 0 atom stereocenters. The molecule has 30 heavy (non-hydrogen) atoms. The van der Waals surface area contributed by atoms with Gasteiger partial charge >= 0.3 is 0 Å². The molecule has 152 valence electrons. The Kier molecular flexibility index (Phi) is 4.65. The molecule has 0 radical (unpaired) electrons. The van der Waals surface area contributed by atoms with Crippen molar-refractivity contribution in [3.63, 3.8) is 0 Å². The molecule has 3 heterocycles. The Labute approximate surface area is 174 Å². The fourth-order valence-corrected chi connectivity index (χ4v) is 4.34. The number of fused-ring (bicyclic) bond motifs is 3. The van der Waals surface area contributed by atoms with Gasteiger partial charge in [-0.3, -0.25) is 9.78 Å². The minimum Gasteiger partial charge on any atom is -0.334 e. The molecule has 0 bridgehead atoms. The minimum atomic E-state index is 0.124. The highest BCUT2D eigenvalue weighted by molar-refractivity contribution is 5.87. The van der Waals surface area contributed by atoms with Gasteiger partial charge < -0.3 is 4.90 Å². The van der Waals surface area contributed by atoms with E-state index in [0.717, 1.165) is 46.9 Å². The highest BCUT2D eigenvalue weighted by Crippen LogP contribution is 2.30. The van der Waals surface area contributed by atoms with E-state index in [1.165, 1.54) is 5.56 Å². The number of hydrogen-bond acceptors (Lipinski definition) is 5. The summed E-state index contributed by atoms with van der Waals surface area (Å²) >= 11 is 0. The van der Waals surface area contributed by atoms with Crippen LogP contribution in [0.2, 0.25) is 0 Å². The molecule has 1 amide bonds. The molecule has 0 aliphatic heterocycles. The van der Waals surface area contributed by atoms with Crippen LogP contribution in [0.4, 0.5) is 0 Å². The van der Waals surface area contributed by atoms with Gasteiger partial charge in [0.25, 0.3) is 0 Å². The van der Waals surface area contributed by atoms with Crippen molar-refractivity contribution < 1.29 is 4.79 Å².